The average molecular weight is 455 g/mol. The largest absolute Gasteiger partial charge is 0.444 e. The number of hydrogen-bond donors (Lipinski definition) is 0. The molecule has 0 N–H and O–H groups in total. The van der Waals surface area contributed by atoms with Crippen LogP contribution < -0.4 is 4.90 Å². The molecule has 156 valence electrons. The molecule has 0 saturated carbocycles. The summed E-state index contributed by atoms with van der Waals surface area (Å²) in [5.41, 5.74) is -0.437. The van der Waals surface area contributed by atoms with Crippen LogP contribution >= 0.6 is 15.9 Å². The van der Waals surface area contributed by atoms with Crippen LogP contribution in [0.4, 0.5) is 10.7 Å². The maximum Gasteiger partial charge on any atom is 0.410 e. The van der Waals surface area contributed by atoms with Gasteiger partial charge in [-0.05, 0) is 68.3 Å². The molecule has 1 amide bonds. The van der Waals surface area contributed by atoms with Crippen molar-refractivity contribution in [2.24, 2.45) is 5.92 Å². The fourth-order valence-electron chi connectivity index (χ4n) is 3.57. The fourth-order valence-corrected chi connectivity index (χ4v) is 3.78. The van der Waals surface area contributed by atoms with Gasteiger partial charge >= 0.3 is 6.09 Å². The molecule has 0 atom stereocenters. The number of nitrogens with zero attached hydrogens (tertiary/aromatic N) is 4. The summed E-state index contributed by atoms with van der Waals surface area (Å²) in [6, 6.07) is 0. The van der Waals surface area contributed by atoms with Gasteiger partial charge in [-0.15, -0.1) is 0 Å². The van der Waals surface area contributed by atoms with E-state index in [9.17, 15) is 4.79 Å². The molecule has 3 heterocycles. The van der Waals surface area contributed by atoms with Gasteiger partial charge in [0.05, 0.1) is 10.6 Å². The minimum absolute atomic E-state index is 0.200. The van der Waals surface area contributed by atoms with Gasteiger partial charge in [0.2, 0.25) is 5.95 Å². The summed E-state index contributed by atoms with van der Waals surface area (Å²) in [6.45, 7) is 9.83. The Labute approximate surface area is 175 Å². The number of likely N-dealkylation sites (tertiary alicyclic amines) is 1. The molecule has 2 aliphatic rings. The number of aromatic nitrogens is 2. The summed E-state index contributed by atoms with van der Waals surface area (Å²) in [4.78, 5) is 24.9. The fraction of sp³-hybridized carbons (Fsp3) is 0.750. The van der Waals surface area contributed by atoms with E-state index in [2.05, 4.69) is 30.8 Å². The smallest absolute Gasteiger partial charge is 0.410 e. The Balaban J connectivity index is 1.34. The Hall–Kier alpha value is -1.41. The predicted molar refractivity (Wildman–Crippen MR) is 111 cm³/mol. The molecule has 0 aromatic carbocycles. The molecule has 1 aromatic heterocycles. The second kappa shape index (κ2) is 9.39. The standard InChI is InChI=1S/C20H31BrN4O3/c1-20(2,3)28-19(26)25-8-4-15(5-9-25)14-27-17-6-10-24(11-7-17)18-22-12-16(21)13-23-18/h12-13,15,17H,4-11,14H2,1-3H3. The highest BCUT2D eigenvalue weighted by Gasteiger charge is 2.28. The van der Waals surface area contributed by atoms with Crippen molar-refractivity contribution in [1.82, 2.24) is 14.9 Å². The zero-order valence-electron chi connectivity index (χ0n) is 17.1. The lowest BCUT2D eigenvalue weighted by molar-refractivity contribution is -0.00844. The van der Waals surface area contributed by atoms with Crippen molar-refractivity contribution in [3.63, 3.8) is 0 Å². The van der Waals surface area contributed by atoms with E-state index in [-0.39, 0.29) is 6.09 Å². The van der Waals surface area contributed by atoms with E-state index in [1.165, 1.54) is 0 Å². The van der Waals surface area contributed by atoms with Gasteiger partial charge in [-0.3, -0.25) is 0 Å². The SMILES string of the molecule is CC(C)(C)OC(=O)N1CCC(COC2CCN(c3ncc(Br)cn3)CC2)CC1. The van der Waals surface area contributed by atoms with Crippen molar-refractivity contribution in [2.75, 3.05) is 37.7 Å². The Bertz CT molecular complexity index is 634. The van der Waals surface area contributed by atoms with Crippen LogP contribution in [0.3, 0.4) is 0 Å². The Morgan fingerprint density at radius 2 is 1.71 bits per heavy atom. The molecule has 0 radical (unpaired) electrons. The minimum atomic E-state index is -0.437. The molecule has 2 saturated heterocycles. The molecule has 0 aliphatic carbocycles. The summed E-state index contributed by atoms with van der Waals surface area (Å²) in [5, 5.41) is 0. The number of carbonyl (C=O) groups excluding carboxylic acids is 1. The number of anilines is 1. The minimum Gasteiger partial charge on any atom is -0.444 e. The quantitative estimate of drug-likeness (QED) is 0.687. The third kappa shape index (κ3) is 6.30. The summed E-state index contributed by atoms with van der Waals surface area (Å²) < 4.78 is 12.5. The zero-order chi connectivity index (χ0) is 20.1. The summed E-state index contributed by atoms with van der Waals surface area (Å²) in [6.07, 6.45) is 7.62. The maximum atomic E-state index is 12.1. The number of carbonyl (C=O) groups is 1. The molecule has 3 rings (SSSR count). The lowest BCUT2D eigenvalue weighted by atomic mass is 9.98. The van der Waals surface area contributed by atoms with Crippen molar-refractivity contribution in [3.8, 4) is 0 Å². The highest BCUT2D eigenvalue weighted by molar-refractivity contribution is 9.10. The van der Waals surface area contributed by atoms with Gasteiger partial charge in [-0.2, -0.15) is 0 Å². The molecule has 7 nitrogen and oxygen atoms in total. The number of amides is 1. The topological polar surface area (TPSA) is 67.8 Å². The van der Waals surface area contributed by atoms with Crippen LogP contribution in [0.15, 0.2) is 16.9 Å². The lowest BCUT2D eigenvalue weighted by Crippen LogP contribution is -2.43. The van der Waals surface area contributed by atoms with Crippen LogP contribution in [0.25, 0.3) is 0 Å². The van der Waals surface area contributed by atoms with E-state index in [0.717, 1.165) is 68.9 Å². The highest BCUT2D eigenvalue weighted by atomic mass is 79.9. The van der Waals surface area contributed by atoms with Gasteiger partial charge in [-0.1, -0.05) is 0 Å². The van der Waals surface area contributed by atoms with E-state index in [0.29, 0.717) is 12.0 Å². The number of ether oxygens (including phenoxy) is 2. The third-order valence-corrected chi connectivity index (χ3v) is 5.57. The Kier molecular flexibility index (Phi) is 7.15. The molecule has 2 fully saturated rings. The average Bonchev–Trinajstić information content (AvgIpc) is 2.66. The molecule has 28 heavy (non-hydrogen) atoms. The van der Waals surface area contributed by atoms with Gasteiger partial charge in [-0.25, -0.2) is 14.8 Å². The van der Waals surface area contributed by atoms with Crippen molar-refractivity contribution < 1.29 is 14.3 Å². The van der Waals surface area contributed by atoms with Crippen LogP contribution in [0, 0.1) is 5.92 Å². The first-order chi connectivity index (χ1) is 13.3. The second-order valence-electron chi connectivity index (χ2n) is 8.63. The van der Waals surface area contributed by atoms with Gasteiger partial charge in [0.1, 0.15) is 5.60 Å². The van der Waals surface area contributed by atoms with Crippen molar-refractivity contribution in [2.45, 2.75) is 58.2 Å². The second-order valence-corrected chi connectivity index (χ2v) is 9.55. The molecular formula is C20H31BrN4O3. The normalized spacial score (nSPS) is 19.7. The van der Waals surface area contributed by atoms with E-state index < -0.39 is 5.60 Å². The number of rotatable bonds is 4. The van der Waals surface area contributed by atoms with E-state index in [4.69, 9.17) is 9.47 Å². The van der Waals surface area contributed by atoms with Gasteiger partial charge < -0.3 is 19.3 Å². The van der Waals surface area contributed by atoms with Crippen LogP contribution in [-0.4, -0.2) is 65.5 Å². The van der Waals surface area contributed by atoms with E-state index in [1.54, 1.807) is 12.4 Å². The molecule has 2 aliphatic heterocycles. The third-order valence-electron chi connectivity index (χ3n) is 5.17. The Morgan fingerprint density at radius 3 is 2.29 bits per heavy atom. The van der Waals surface area contributed by atoms with Gasteiger partial charge in [0.25, 0.3) is 0 Å². The van der Waals surface area contributed by atoms with Crippen molar-refractivity contribution >= 4 is 28.0 Å². The van der Waals surface area contributed by atoms with E-state index >= 15 is 0 Å². The zero-order valence-corrected chi connectivity index (χ0v) is 18.7. The molecular weight excluding hydrogens is 424 g/mol. The maximum absolute atomic E-state index is 12.1. The van der Waals surface area contributed by atoms with Crippen LogP contribution in [0.5, 0.6) is 0 Å². The van der Waals surface area contributed by atoms with Crippen LogP contribution in [-0.2, 0) is 9.47 Å². The number of piperidine rings is 2. The Morgan fingerprint density at radius 1 is 1.11 bits per heavy atom. The first-order valence-electron chi connectivity index (χ1n) is 10.1. The summed E-state index contributed by atoms with van der Waals surface area (Å²) in [5.74, 6) is 1.31. The monoisotopic (exact) mass is 454 g/mol. The van der Waals surface area contributed by atoms with Crippen LogP contribution in [0.1, 0.15) is 46.5 Å². The summed E-state index contributed by atoms with van der Waals surface area (Å²) in [7, 11) is 0. The lowest BCUT2D eigenvalue weighted by Gasteiger charge is -2.35. The molecule has 0 bridgehead atoms. The van der Waals surface area contributed by atoms with Crippen molar-refractivity contribution in [3.05, 3.63) is 16.9 Å². The number of halogens is 1. The molecule has 1 aromatic rings. The van der Waals surface area contributed by atoms with Gasteiger partial charge in [0.15, 0.2) is 0 Å². The van der Waals surface area contributed by atoms with Crippen molar-refractivity contribution in [1.29, 1.82) is 0 Å². The first-order valence-corrected chi connectivity index (χ1v) is 10.9. The highest BCUT2D eigenvalue weighted by Crippen LogP contribution is 2.23. The molecule has 8 heteroatoms. The summed E-state index contributed by atoms with van der Waals surface area (Å²) >= 11 is 3.37. The van der Waals surface area contributed by atoms with Gasteiger partial charge in [0, 0.05) is 45.2 Å². The molecule has 0 unspecified atom stereocenters. The van der Waals surface area contributed by atoms with E-state index in [1.807, 2.05) is 25.7 Å². The van der Waals surface area contributed by atoms with Crippen LogP contribution in [0.2, 0.25) is 0 Å². The number of hydrogen-bond acceptors (Lipinski definition) is 6. The predicted octanol–water partition coefficient (Wildman–Crippen LogP) is 3.87. The first kappa shape index (κ1) is 21.3. The molecule has 0 spiro atoms.